The molecule has 1 aliphatic rings. The summed E-state index contributed by atoms with van der Waals surface area (Å²) in [7, 11) is 0.348. The zero-order valence-corrected chi connectivity index (χ0v) is 8.09. The third-order valence-corrected chi connectivity index (χ3v) is 3.19. The van der Waals surface area contributed by atoms with E-state index in [4.69, 9.17) is 13.7 Å². The summed E-state index contributed by atoms with van der Waals surface area (Å²) in [5.41, 5.74) is 0. The Labute approximate surface area is 72.9 Å². The summed E-state index contributed by atoms with van der Waals surface area (Å²) >= 11 is 0. The number of hydrogen-bond donors (Lipinski definition) is 0. The van der Waals surface area contributed by atoms with E-state index in [0.29, 0.717) is 8.81 Å². The van der Waals surface area contributed by atoms with Gasteiger partial charge < -0.3 is 13.7 Å². The van der Waals surface area contributed by atoms with Crippen LogP contribution in [0, 0.1) is 0 Å². The third kappa shape index (κ3) is 1.18. The van der Waals surface area contributed by atoms with Gasteiger partial charge in [0.25, 0.3) is 0 Å². The summed E-state index contributed by atoms with van der Waals surface area (Å²) in [6.07, 6.45) is 4.08. The molecule has 1 aliphatic heterocycles. The second-order valence-corrected chi connectivity index (χ2v) is 4.46. The molecule has 0 bridgehead atoms. The zero-order chi connectivity index (χ0) is 8.60. The van der Waals surface area contributed by atoms with Gasteiger partial charge in [-0.1, -0.05) is 6.92 Å². The second kappa shape index (κ2) is 2.67. The van der Waals surface area contributed by atoms with E-state index in [1.165, 1.54) is 0 Å². The molecule has 1 unspecified atom stereocenters. The van der Waals surface area contributed by atoms with Crippen LogP contribution in [0.1, 0.15) is 20.3 Å². The highest BCUT2D eigenvalue weighted by molar-refractivity contribution is 7.34. The summed E-state index contributed by atoms with van der Waals surface area (Å²) < 4.78 is 16.1. The maximum absolute atomic E-state index is 5.70. The fourth-order valence-corrected chi connectivity index (χ4v) is 1.76. The smallest absolute Gasteiger partial charge is 0.203 e. The number of fused-ring (bicyclic) bond motifs is 1. The molecule has 3 nitrogen and oxygen atoms in total. The van der Waals surface area contributed by atoms with Crippen molar-refractivity contribution in [2.45, 2.75) is 25.6 Å². The molecule has 0 spiro atoms. The minimum Gasteiger partial charge on any atom is -0.473 e. The van der Waals surface area contributed by atoms with Crippen molar-refractivity contribution in [3.05, 3.63) is 12.5 Å². The fraction of sp³-hybridized carbons (Fsp3) is 0.500. The Balaban J connectivity index is 2.25. The van der Waals surface area contributed by atoms with Gasteiger partial charge in [-0.05, 0) is 13.3 Å². The average Bonchev–Trinajstić information content (AvgIpc) is 2.51. The van der Waals surface area contributed by atoms with Crippen LogP contribution in [-0.4, -0.2) is 5.34 Å². The van der Waals surface area contributed by atoms with Gasteiger partial charge in [-0.15, -0.1) is 0 Å². The molecule has 0 saturated carbocycles. The lowest BCUT2D eigenvalue weighted by Crippen LogP contribution is -2.28. The van der Waals surface area contributed by atoms with Crippen LogP contribution in [-0.2, 0) is 0 Å². The van der Waals surface area contributed by atoms with Gasteiger partial charge in [0.05, 0.1) is 0 Å². The van der Waals surface area contributed by atoms with Gasteiger partial charge in [0.1, 0.15) is 21.3 Å². The van der Waals surface area contributed by atoms with E-state index in [-0.39, 0.29) is 5.34 Å². The number of hydrogen-bond acceptors (Lipinski definition) is 3. The van der Waals surface area contributed by atoms with Crippen LogP contribution in [0.25, 0.3) is 0 Å². The first-order valence-electron chi connectivity index (χ1n) is 3.93. The molecular formula is C8H11O3P. The summed E-state index contributed by atoms with van der Waals surface area (Å²) in [4.78, 5) is 0. The van der Waals surface area contributed by atoms with Crippen LogP contribution in [0.2, 0.25) is 0 Å². The van der Waals surface area contributed by atoms with Crippen molar-refractivity contribution in [1.82, 2.24) is 0 Å². The molecular weight excluding hydrogens is 175 g/mol. The molecule has 0 radical (unpaired) electrons. The Bertz CT molecular complexity index is 284. The van der Waals surface area contributed by atoms with E-state index >= 15 is 0 Å². The Morgan fingerprint density at radius 3 is 2.92 bits per heavy atom. The van der Waals surface area contributed by atoms with Crippen molar-refractivity contribution in [3.63, 3.8) is 0 Å². The molecule has 66 valence electrons. The van der Waals surface area contributed by atoms with Crippen molar-refractivity contribution in [2.24, 2.45) is 0 Å². The molecule has 12 heavy (non-hydrogen) atoms. The lowest BCUT2D eigenvalue weighted by Gasteiger charge is -2.31. The Morgan fingerprint density at radius 2 is 2.17 bits per heavy atom. The Morgan fingerprint density at radius 1 is 1.42 bits per heavy atom. The van der Waals surface area contributed by atoms with Crippen molar-refractivity contribution in [1.29, 1.82) is 0 Å². The van der Waals surface area contributed by atoms with Crippen molar-refractivity contribution in [2.75, 3.05) is 0 Å². The van der Waals surface area contributed by atoms with E-state index in [9.17, 15) is 0 Å². The molecule has 0 N–H and O–H groups in total. The quantitative estimate of drug-likeness (QED) is 0.632. The monoisotopic (exact) mass is 186 g/mol. The van der Waals surface area contributed by atoms with Crippen LogP contribution >= 0.6 is 8.81 Å². The number of rotatable bonds is 1. The SMILES string of the molecule is CC[C@]1(C)Oc2cocc2OP1. The van der Waals surface area contributed by atoms with Gasteiger partial charge in [0, 0.05) is 0 Å². The van der Waals surface area contributed by atoms with Crippen LogP contribution in [0.3, 0.4) is 0 Å². The van der Waals surface area contributed by atoms with Crippen LogP contribution in [0.4, 0.5) is 0 Å². The molecule has 2 atom stereocenters. The van der Waals surface area contributed by atoms with E-state index < -0.39 is 0 Å². The first-order valence-corrected chi connectivity index (χ1v) is 4.83. The summed E-state index contributed by atoms with van der Waals surface area (Å²) in [5.74, 6) is 1.44. The van der Waals surface area contributed by atoms with E-state index in [2.05, 4.69) is 6.92 Å². The molecule has 2 heterocycles. The average molecular weight is 186 g/mol. The number of furan rings is 1. The lowest BCUT2D eigenvalue weighted by atomic mass is 10.3. The third-order valence-electron chi connectivity index (χ3n) is 1.98. The van der Waals surface area contributed by atoms with Gasteiger partial charge in [-0.3, -0.25) is 0 Å². The molecule has 1 aromatic heterocycles. The fourth-order valence-electron chi connectivity index (χ4n) is 0.993. The maximum Gasteiger partial charge on any atom is 0.203 e. The molecule has 0 saturated heterocycles. The molecule has 0 fully saturated rings. The first kappa shape index (κ1) is 7.93. The second-order valence-electron chi connectivity index (χ2n) is 2.99. The molecule has 0 aromatic carbocycles. The van der Waals surface area contributed by atoms with E-state index in [1.54, 1.807) is 12.5 Å². The van der Waals surface area contributed by atoms with Gasteiger partial charge in [0.2, 0.25) is 11.5 Å². The maximum atomic E-state index is 5.70. The van der Waals surface area contributed by atoms with Crippen molar-refractivity contribution >= 4 is 8.81 Å². The standard InChI is InChI=1S/C8H11O3P/c1-3-8(2)10-6-4-9-5-7(6)11-12-8/h4-5,12H,3H2,1-2H3/t8-/m1/s1. The summed E-state index contributed by atoms with van der Waals surface area (Å²) in [6.45, 7) is 4.13. The molecule has 0 aliphatic carbocycles. The van der Waals surface area contributed by atoms with Gasteiger partial charge in [-0.2, -0.15) is 0 Å². The first-order chi connectivity index (χ1) is 5.73. The molecule has 1 aromatic rings. The lowest BCUT2D eigenvalue weighted by molar-refractivity contribution is 0.153. The summed E-state index contributed by atoms with van der Waals surface area (Å²) in [5, 5.41) is -0.170. The van der Waals surface area contributed by atoms with E-state index in [0.717, 1.165) is 17.9 Å². The Kier molecular flexibility index (Phi) is 1.76. The highest BCUT2D eigenvalue weighted by atomic mass is 31.1. The van der Waals surface area contributed by atoms with E-state index in [1.807, 2.05) is 6.92 Å². The normalized spacial score (nSPS) is 29.2. The Hall–Kier alpha value is -0.690. The number of ether oxygens (including phenoxy) is 1. The largest absolute Gasteiger partial charge is 0.473 e. The van der Waals surface area contributed by atoms with Crippen molar-refractivity contribution < 1.29 is 13.7 Å². The summed E-state index contributed by atoms with van der Waals surface area (Å²) in [6, 6.07) is 0. The predicted octanol–water partition coefficient (Wildman–Crippen LogP) is 2.77. The van der Waals surface area contributed by atoms with Crippen LogP contribution in [0.15, 0.2) is 16.9 Å². The van der Waals surface area contributed by atoms with Crippen LogP contribution in [0.5, 0.6) is 11.5 Å². The van der Waals surface area contributed by atoms with Crippen LogP contribution < -0.4 is 9.26 Å². The van der Waals surface area contributed by atoms with Gasteiger partial charge in [0.15, 0.2) is 5.34 Å². The molecule has 0 amide bonds. The minimum atomic E-state index is -0.170. The predicted molar refractivity (Wildman–Crippen MR) is 47.0 cm³/mol. The highest BCUT2D eigenvalue weighted by Crippen LogP contribution is 2.48. The van der Waals surface area contributed by atoms with Gasteiger partial charge >= 0.3 is 0 Å². The van der Waals surface area contributed by atoms with Crippen molar-refractivity contribution in [3.8, 4) is 11.5 Å². The molecule has 4 heteroatoms. The topological polar surface area (TPSA) is 31.6 Å². The zero-order valence-electron chi connectivity index (χ0n) is 7.09. The minimum absolute atomic E-state index is 0.170. The van der Waals surface area contributed by atoms with Gasteiger partial charge in [-0.25, -0.2) is 0 Å². The highest BCUT2D eigenvalue weighted by Gasteiger charge is 2.32. The molecule has 2 rings (SSSR count).